The van der Waals surface area contributed by atoms with Crippen molar-refractivity contribution < 1.29 is 14.3 Å². The first kappa shape index (κ1) is 17.2. The molecule has 0 aromatic carbocycles. The molecule has 0 aliphatic carbocycles. The molecule has 3 rings (SSSR count). The Bertz CT molecular complexity index is 547. The number of ether oxygens (including phenoxy) is 2. The van der Waals surface area contributed by atoms with Gasteiger partial charge in [0.15, 0.2) is 0 Å². The molecule has 2 fully saturated rings. The first-order valence-electron chi connectivity index (χ1n) is 8.82. The van der Waals surface area contributed by atoms with Crippen LogP contribution in [0.5, 0.6) is 0 Å². The Morgan fingerprint density at radius 2 is 2.08 bits per heavy atom. The van der Waals surface area contributed by atoms with Gasteiger partial charge in [0.1, 0.15) is 5.82 Å². The van der Waals surface area contributed by atoms with Gasteiger partial charge in [0.05, 0.1) is 29.9 Å². The van der Waals surface area contributed by atoms with Gasteiger partial charge in [0.2, 0.25) is 0 Å². The van der Waals surface area contributed by atoms with Crippen molar-refractivity contribution in [3.8, 4) is 0 Å². The number of amides is 1. The van der Waals surface area contributed by atoms with Gasteiger partial charge in [-0.15, -0.1) is 0 Å². The van der Waals surface area contributed by atoms with Gasteiger partial charge in [0, 0.05) is 25.9 Å². The number of nitrogens with zero attached hydrogens (tertiary/aromatic N) is 2. The van der Waals surface area contributed by atoms with Crippen molar-refractivity contribution in [2.24, 2.45) is 0 Å². The van der Waals surface area contributed by atoms with E-state index in [1.165, 1.54) is 0 Å². The zero-order chi connectivity index (χ0) is 17.1. The normalized spacial score (nSPS) is 28.6. The molecule has 2 saturated heterocycles. The summed E-state index contributed by atoms with van der Waals surface area (Å²) in [5.41, 5.74) is 0.581. The molecule has 0 radical (unpaired) electrons. The maximum atomic E-state index is 12.4. The lowest BCUT2D eigenvalue weighted by Gasteiger charge is -2.36. The first-order valence-corrected chi connectivity index (χ1v) is 8.82. The standard InChI is InChI=1S/C18H27N3O3/c1-12-10-21(11-13(2)24-12)17-7-6-15(9-19-17)18(22)20-14(3)16-5-4-8-23-16/h6-7,9,12-14,16H,4-5,8,10-11H2,1-3H3,(H,20,22)/t12-,13-,14-,16+/m1/s1. The van der Waals surface area contributed by atoms with Crippen LogP contribution in [0.3, 0.4) is 0 Å². The average molecular weight is 333 g/mol. The number of anilines is 1. The van der Waals surface area contributed by atoms with E-state index >= 15 is 0 Å². The van der Waals surface area contributed by atoms with E-state index in [9.17, 15) is 4.79 Å². The number of nitrogens with one attached hydrogen (secondary N) is 1. The molecule has 24 heavy (non-hydrogen) atoms. The highest BCUT2D eigenvalue weighted by molar-refractivity contribution is 5.94. The monoisotopic (exact) mass is 333 g/mol. The van der Waals surface area contributed by atoms with Crippen molar-refractivity contribution >= 4 is 11.7 Å². The van der Waals surface area contributed by atoms with Crippen LogP contribution in [0.25, 0.3) is 0 Å². The van der Waals surface area contributed by atoms with Crippen LogP contribution in [0.2, 0.25) is 0 Å². The Balaban J connectivity index is 1.60. The van der Waals surface area contributed by atoms with Crippen LogP contribution in [0.1, 0.15) is 44.0 Å². The van der Waals surface area contributed by atoms with E-state index < -0.39 is 0 Å². The molecule has 6 heteroatoms. The molecule has 4 atom stereocenters. The number of morpholine rings is 1. The summed E-state index contributed by atoms with van der Waals surface area (Å²) in [6.07, 6.45) is 4.22. The number of pyridine rings is 1. The Kier molecular flexibility index (Phi) is 5.36. The highest BCUT2D eigenvalue weighted by atomic mass is 16.5. The molecule has 132 valence electrons. The quantitative estimate of drug-likeness (QED) is 0.913. The van der Waals surface area contributed by atoms with Crippen LogP contribution in [0.4, 0.5) is 5.82 Å². The predicted octanol–water partition coefficient (Wildman–Crippen LogP) is 1.99. The Labute approximate surface area is 143 Å². The van der Waals surface area contributed by atoms with Gasteiger partial charge in [-0.05, 0) is 45.7 Å². The molecule has 2 aliphatic rings. The van der Waals surface area contributed by atoms with Crippen LogP contribution < -0.4 is 10.2 Å². The van der Waals surface area contributed by atoms with Gasteiger partial charge in [-0.25, -0.2) is 4.98 Å². The third-order valence-electron chi connectivity index (χ3n) is 4.64. The molecule has 1 aromatic heterocycles. The van der Waals surface area contributed by atoms with Crippen molar-refractivity contribution in [2.75, 3.05) is 24.6 Å². The van der Waals surface area contributed by atoms with Gasteiger partial charge in [-0.1, -0.05) is 0 Å². The lowest BCUT2D eigenvalue weighted by Crippen LogP contribution is -2.45. The molecule has 1 N–H and O–H groups in total. The second kappa shape index (κ2) is 7.49. The summed E-state index contributed by atoms with van der Waals surface area (Å²) in [4.78, 5) is 19.0. The number of hydrogen-bond acceptors (Lipinski definition) is 5. The van der Waals surface area contributed by atoms with Crippen LogP contribution in [-0.4, -0.2) is 54.9 Å². The van der Waals surface area contributed by atoms with E-state index in [4.69, 9.17) is 9.47 Å². The van der Waals surface area contributed by atoms with Crippen molar-refractivity contribution in [3.63, 3.8) is 0 Å². The lowest BCUT2D eigenvalue weighted by atomic mass is 10.1. The highest BCUT2D eigenvalue weighted by Gasteiger charge is 2.25. The smallest absolute Gasteiger partial charge is 0.253 e. The maximum absolute atomic E-state index is 12.4. The van der Waals surface area contributed by atoms with Crippen molar-refractivity contribution in [1.82, 2.24) is 10.3 Å². The minimum absolute atomic E-state index is 0.0145. The number of carbonyl (C=O) groups is 1. The molecule has 6 nitrogen and oxygen atoms in total. The van der Waals surface area contributed by atoms with Crippen molar-refractivity contribution in [1.29, 1.82) is 0 Å². The number of aromatic nitrogens is 1. The van der Waals surface area contributed by atoms with Crippen LogP contribution in [0, 0.1) is 0 Å². The Morgan fingerprint density at radius 1 is 1.33 bits per heavy atom. The molecule has 1 amide bonds. The fraction of sp³-hybridized carbons (Fsp3) is 0.667. The Morgan fingerprint density at radius 3 is 2.67 bits per heavy atom. The fourth-order valence-electron chi connectivity index (χ4n) is 3.45. The second-order valence-electron chi connectivity index (χ2n) is 6.88. The zero-order valence-corrected chi connectivity index (χ0v) is 14.7. The van der Waals surface area contributed by atoms with Gasteiger partial charge in [0.25, 0.3) is 5.91 Å². The van der Waals surface area contributed by atoms with Crippen LogP contribution in [-0.2, 0) is 9.47 Å². The summed E-state index contributed by atoms with van der Waals surface area (Å²) in [6, 6.07) is 3.77. The van der Waals surface area contributed by atoms with E-state index in [0.29, 0.717) is 5.56 Å². The fourth-order valence-corrected chi connectivity index (χ4v) is 3.45. The van der Waals surface area contributed by atoms with Crippen molar-refractivity contribution in [2.45, 2.75) is 58.0 Å². The molecule has 2 aliphatic heterocycles. The van der Waals surface area contributed by atoms with Gasteiger partial charge in [-0.3, -0.25) is 4.79 Å². The molecule has 0 spiro atoms. The van der Waals surface area contributed by atoms with E-state index in [1.54, 1.807) is 6.20 Å². The van der Waals surface area contributed by atoms with E-state index in [1.807, 2.05) is 19.1 Å². The topological polar surface area (TPSA) is 63.7 Å². The number of carbonyl (C=O) groups excluding carboxylic acids is 1. The predicted molar refractivity (Wildman–Crippen MR) is 92.4 cm³/mol. The molecular weight excluding hydrogens is 306 g/mol. The SMILES string of the molecule is C[C@@H]1CN(c2ccc(C(=O)N[C@H](C)[C@@H]3CCCO3)cn2)C[C@@H](C)O1. The van der Waals surface area contributed by atoms with Gasteiger partial charge >= 0.3 is 0 Å². The third-order valence-corrected chi connectivity index (χ3v) is 4.64. The molecule has 0 bridgehead atoms. The molecular formula is C18H27N3O3. The second-order valence-corrected chi connectivity index (χ2v) is 6.88. The third kappa shape index (κ3) is 4.05. The number of rotatable bonds is 4. The average Bonchev–Trinajstić information content (AvgIpc) is 3.08. The van der Waals surface area contributed by atoms with Crippen molar-refractivity contribution in [3.05, 3.63) is 23.9 Å². The highest BCUT2D eigenvalue weighted by Crippen LogP contribution is 2.19. The van der Waals surface area contributed by atoms with Gasteiger partial charge in [-0.2, -0.15) is 0 Å². The van der Waals surface area contributed by atoms with Gasteiger partial charge < -0.3 is 19.7 Å². The first-order chi connectivity index (χ1) is 11.5. The number of hydrogen-bond donors (Lipinski definition) is 1. The summed E-state index contributed by atoms with van der Waals surface area (Å²) >= 11 is 0. The Hall–Kier alpha value is -1.66. The molecule has 0 unspecified atom stereocenters. The van der Waals surface area contributed by atoms with Crippen LogP contribution in [0.15, 0.2) is 18.3 Å². The summed E-state index contributed by atoms with van der Waals surface area (Å²) in [5.74, 6) is 0.793. The molecule has 3 heterocycles. The molecule has 1 aromatic rings. The minimum Gasteiger partial charge on any atom is -0.376 e. The minimum atomic E-state index is -0.0965. The van der Waals surface area contributed by atoms with E-state index in [-0.39, 0.29) is 30.3 Å². The van der Waals surface area contributed by atoms with E-state index in [0.717, 1.165) is 38.4 Å². The summed E-state index contributed by atoms with van der Waals surface area (Å²) in [7, 11) is 0. The summed E-state index contributed by atoms with van der Waals surface area (Å²) < 4.78 is 11.4. The molecule has 0 saturated carbocycles. The maximum Gasteiger partial charge on any atom is 0.253 e. The van der Waals surface area contributed by atoms with Crippen LogP contribution >= 0.6 is 0 Å². The largest absolute Gasteiger partial charge is 0.376 e. The summed E-state index contributed by atoms with van der Waals surface area (Å²) in [6.45, 7) is 8.55. The summed E-state index contributed by atoms with van der Waals surface area (Å²) in [5, 5.41) is 3.01. The lowest BCUT2D eigenvalue weighted by molar-refractivity contribution is -0.00546. The van der Waals surface area contributed by atoms with E-state index in [2.05, 4.69) is 29.0 Å². The zero-order valence-electron chi connectivity index (χ0n) is 14.7.